The summed E-state index contributed by atoms with van der Waals surface area (Å²) in [5.74, 6) is 0. The molecule has 1 unspecified atom stereocenters. The van der Waals surface area contributed by atoms with E-state index in [1.165, 1.54) is 4.90 Å². The number of rotatable bonds is 1. The Balaban J connectivity index is 2.03. The van der Waals surface area contributed by atoms with Gasteiger partial charge in [0.1, 0.15) is 16.1 Å². The van der Waals surface area contributed by atoms with Gasteiger partial charge in [-0.05, 0) is 46.5 Å². The Kier molecular flexibility index (Phi) is 3.84. The van der Waals surface area contributed by atoms with Crippen LogP contribution in [0.25, 0.3) is 0 Å². The minimum absolute atomic E-state index is 0.0346. The summed E-state index contributed by atoms with van der Waals surface area (Å²) in [6.07, 6.45) is 2.76. The van der Waals surface area contributed by atoms with E-state index >= 15 is 0 Å². The molecule has 1 saturated heterocycles. The van der Waals surface area contributed by atoms with Gasteiger partial charge < -0.3 is 14.6 Å². The molecular weight excluding hydrogens is 264 g/mol. The van der Waals surface area contributed by atoms with Crippen molar-refractivity contribution < 1.29 is 14.5 Å². The summed E-state index contributed by atoms with van der Waals surface area (Å²) in [6.45, 7) is 6.90. The van der Waals surface area contributed by atoms with Crippen molar-refractivity contribution in [2.24, 2.45) is 9.81 Å². The van der Waals surface area contributed by atoms with Crippen LogP contribution >= 0.6 is 0 Å². The second kappa shape index (κ2) is 4.98. The first-order chi connectivity index (χ1) is 8.74. The van der Waals surface area contributed by atoms with Crippen LogP contribution in [0.3, 0.4) is 0 Å². The van der Waals surface area contributed by atoms with Crippen LogP contribution in [0.4, 0.5) is 4.79 Å². The molecule has 0 aromatic rings. The molecule has 2 aliphatic rings. The summed E-state index contributed by atoms with van der Waals surface area (Å²) >= 11 is -1.20. The molecule has 0 bridgehead atoms. The first-order valence-corrected chi connectivity index (χ1v) is 7.83. The fourth-order valence-electron chi connectivity index (χ4n) is 2.63. The molecule has 1 N–H and O–H groups in total. The molecule has 1 heterocycles. The van der Waals surface area contributed by atoms with Crippen LogP contribution in [0, 0.1) is 5.41 Å². The van der Waals surface area contributed by atoms with Gasteiger partial charge in [0, 0.05) is 18.5 Å². The van der Waals surface area contributed by atoms with Gasteiger partial charge in [-0.15, -0.1) is 0 Å². The number of hydrogen-bond acceptors (Lipinski definition) is 3. The molecule has 1 saturated carbocycles. The maximum absolute atomic E-state index is 12.1. The fraction of sp³-hybridized carbons (Fsp3) is 0.846. The van der Waals surface area contributed by atoms with Crippen molar-refractivity contribution in [1.29, 1.82) is 0 Å². The number of hydrogen-bond donors (Lipinski definition) is 1. The fourth-order valence-corrected chi connectivity index (χ4v) is 3.39. The smallest absolute Gasteiger partial charge is 0.407 e. The van der Waals surface area contributed by atoms with Crippen LogP contribution < -0.4 is 0 Å². The van der Waals surface area contributed by atoms with Gasteiger partial charge in [-0.25, -0.2) is 4.79 Å². The van der Waals surface area contributed by atoms with Gasteiger partial charge in [0.2, 0.25) is 0 Å². The third-order valence-corrected chi connectivity index (χ3v) is 5.59. The number of nitrogens with zero attached hydrogens (tertiary/aromatic N) is 2. The van der Waals surface area contributed by atoms with E-state index in [-0.39, 0.29) is 10.2 Å². The Morgan fingerprint density at radius 1 is 1.37 bits per heavy atom. The van der Waals surface area contributed by atoms with E-state index in [9.17, 15) is 9.35 Å². The summed E-state index contributed by atoms with van der Waals surface area (Å²) < 4.78 is 16.2. The van der Waals surface area contributed by atoms with Crippen molar-refractivity contribution in [3.8, 4) is 0 Å². The number of likely N-dealkylation sites (tertiary alicyclic amines) is 1. The van der Waals surface area contributed by atoms with Crippen molar-refractivity contribution in [2.45, 2.75) is 51.2 Å². The average Bonchev–Trinajstić information content (AvgIpc) is 2.33. The molecule has 1 atom stereocenters. The third-order valence-electron chi connectivity index (χ3n) is 4.16. The zero-order valence-electron chi connectivity index (χ0n) is 11.8. The molecule has 2 rings (SSSR count). The highest BCUT2D eigenvalue weighted by Crippen LogP contribution is 2.47. The first kappa shape index (κ1) is 14.7. The SMILES string of the molecule is CC(C)(C)[S+]([O-])N=C1CCC12CCN(C(=O)O)CC2. The summed E-state index contributed by atoms with van der Waals surface area (Å²) in [4.78, 5) is 12.4. The van der Waals surface area contributed by atoms with E-state index in [1.54, 1.807) is 0 Å². The van der Waals surface area contributed by atoms with Crippen molar-refractivity contribution in [3.05, 3.63) is 0 Å². The summed E-state index contributed by atoms with van der Waals surface area (Å²) in [6, 6.07) is 0. The highest BCUT2D eigenvalue weighted by atomic mass is 32.2. The summed E-state index contributed by atoms with van der Waals surface area (Å²) in [5.41, 5.74) is 1.08. The molecular formula is C13H22N2O3S. The van der Waals surface area contributed by atoms with Crippen LogP contribution in [0.1, 0.15) is 46.5 Å². The molecule has 6 heteroatoms. The van der Waals surface area contributed by atoms with Gasteiger partial charge in [0.05, 0.1) is 5.71 Å². The highest BCUT2D eigenvalue weighted by molar-refractivity contribution is 7.91. The van der Waals surface area contributed by atoms with Crippen LogP contribution in [0.5, 0.6) is 0 Å². The molecule has 19 heavy (non-hydrogen) atoms. The van der Waals surface area contributed by atoms with E-state index < -0.39 is 17.5 Å². The monoisotopic (exact) mass is 286 g/mol. The lowest BCUT2D eigenvalue weighted by atomic mass is 9.61. The third kappa shape index (κ3) is 2.89. The van der Waals surface area contributed by atoms with Gasteiger partial charge in [0.15, 0.2) is 0 Å². The highest BCUT2D eigenvalue weighted by Gasteiger charge is 2.48. The molecule has 1 aliphatic carbocycles. The summed E-state index contributed by atoms with van der Waals surface area (Å²) in [5, 5.41) is 8.96. The molecule has 2 fully saturated rings. The standard InChI is InChI=1S/C13H22N2O3S/c1-12(2,3)19(18)14-10-4-5-13(10)6-8-15(9-7-13)11(16)17/h4-9H2,1-3H3,(H,16,17). The Bertz CT molecular complexity index is 395. The molecule has 108 valence electrons. The Morgan fingerprint density at radius 2 is 1.95 bits per heavy atom. The quantitative estimate of drug-likeness (QED) is 0.752. The second-order valence-electron chi connectivity index (χ2n) is 6.45. The molecule has 5 nitrogen and oxygen atoms in total. The van der Waals surface area contributed by atoms with Gasteiger partial charge in [-0.2, -0.15) is 0 Å². The Labute approximate surface area is 117 Å². The first-order valence-electron chi connectivity index (χ1n) is 6.72. The molecule has 0 radical (unpaired) electrons. The average molecular weight is 286 g/mol. The molecule has 0 aromatic heterocycles. The lowest BCUT2D eigenvalue weighted by Crippen LogP contribution is -2.51. The Hall–Kier alpha value is -0.750. The van der Waals surface area contributed by atoms with E-state index in [2.05, 4.69) is 4.40 Å². The van der Waals surface area contributed by atoms with Crippen molar-refractivity contribution in [2.75, 3.05) is 13.1 Å². The predicted molar refractivity (Wildman–Crippen MR) is 75.8 cm³/mol. The van der Waals surface area contributed by atoms with Crippen LogP contribution in [0.2, 0.25) is 0 Å². The lowest BCUT2D eigenvalue weighted by Gasteiger charge is -2.47. The van der Waals surface area contributed by atoms with Gasteiger partial charge >= 0.3 is 6.09 Å². The maximum Gasteiger partial charge on any atom is 0.407 e. The van der Waals surface area contributed by atoms with Crippen molar-refractivity contribution in [3.63, 3.8) is 0 Å². The van der Waals surface area contributed by atoms with E-state index in [1.807, 2.05) is 20.8 Å². The molecule has 1 spiro atoms. The minimum atomic E-state index is -1.20. The molecule has 0 aromatic carbocycles. The normalized spacial score (nSPS) is 26.3. The Morgan fingerprint density at radius 3 is 2.32 bits per heavy atom. The summed E-state index contributed by atoms with van der Waals surface area (Å²) in [7, 11) is 0. The number of piperidine rings is 1. The van der Waals surface area contributed by atoms with Crippen LogP contribution in [-0.4, -0.2) is 44.2 Å². The topological polar surface area (TPSA) is 76.0 Å². The lowest BCUT2D eigenvalue weighted by molar-refractivity contribution is 0.102. The maximum atomic E-state index is 12.1. The number of carbonyl (C=O) groups is 1. The van der Waals surface area contributed by atoms with Crippen molar-refractivity contribution >= 4 is 23.2 Å². The second-order valence-corrected chi connectivity index (χ2v) is 8.36. The zero-order valence-corrected chi connectivity index (χ0v) is 12.6. The largest absolute Gasteiger partial charge is 0.591 e. The minimum Gasteiger partial charge on any atom is -0.591 e. The van der Waals surface area contributed by atoms with Gasteiger partial charge in [0.25, 0.3) is 0 Å². The van der Waals surface area contributed by atoms with Crippen molar-refractivity contribution in [1.82, 2.24) is 4.90 Å². The van der Waals surface area contributed by atoms with Gasteiger partial charge in [-0.3, -0.25) is 0 Å². The predicted octanol–water partition coefficient (Wildman–Crippen LogP) is 2.44. The van der Waals surface area contributed by atoms with E-state index in [4.69, 9.17) is 5.11 Å². The van der Waals surface area contributed by atoms with E-state index in [0.29, 0.717) is 13.1 Å². The molecule has 1 amide bonds. The van der Waals surface area contributed by atoms with Gasteiger partial charge in [-0.1, -0.05) is 4.40 Å². The molecule has 1 aliphatic heterocycles. The van der Waals surface area contributed by atoms with Crippen LogP contribution in [0.15, 0.2) is 4.40 Å². The van der Waals surface area contributed by atoms with Crippen LogP contribution in [-0.2, 0) is 11.4 Å². The number of amides is 1. The number of carboxylic acid groups (broad SMARTS) is 1. The van der Waals surface area contributed by atoms with E-state index in [0.717, 1.165) is 31.4 Å². The zero-order chi connectivity index (χ0) is 14.3.